The van der Waals surface area contributed by atoms with Crippen LogP contribution in [0.15, 0.2) is 16.6 Å². The molecule has 1 aromatic heterocycles. The Morgan fingerprint density at radius 2 is 1.74 bits per heavy atom. The minimum Gasteiger partial charge on any atom is -0.476 e. The summed E-state index contributed by atoms with van der Waals surface area (Å²) < 4.78 is 2.22. The monoisotopic (exact) mass is 322 g/mol. The van der Waals surface area contributed by atoms with Crippen molar-refractivity contribution in [1.82, 2.24) is 9.78 Å². The van der Waals surface area contributed by atoms with Gasteiger partial charge in [0.25, 0.3) is 0 Å². The molecule has 19 heavy (non-hydrogen) atoms. The second-order valence-electron chi connectivity index (χ2n) is 4.71. The average molecular weight is 323 g/mol. The first kappa shape index (κ1) is 13.8. The molecule has 0 saturated heterocycles. The van der Waals surface area contributed by atoms with E-state index in [2.05, 4.69) is 33.2 Å². The second-order valence-corrected chi connectivity index (χ2v) is 5.51. The summed E-state index contributed by atoms with van der Waals surface area (Å²) in [4.78, 5) is 11.1. The van der Waals surface area contributed by atoms with Crippen molar-refractivity contribution >= 4 is 21.9 Å². The van der Waals surface area contributed by atoms with Crippen LogP contribution in [0.5, 0.6) is 0 Å². The van der Waals surface area contributed by atoms with Gasteiger partial charge in [0.15, 0.2) is 5.69 Å². The zero-order chi connectivity index (χ0) is 14.3. The molecule has 2 aromatic rings. The van der Waals surface area contributed by atoms with E-state index in [9.17, 15) is 4.79 Å². The Kier molecular flexibility index (Phi) is 3.49. The molecular weight excluding hydrogens is 308 g/mol. The number of carbonyl (C=O) groups is 1. The number of halogens is 1. The Hall–Kier alpha value is -1.62. The maximum atomic E-state index is 11.1. The fourth-order valence-electron chi connectivity index (χ4n) is 2.34. The highest BCUT2D eigenvalue weighted by atomic mass is 79.9. The van der Waals surface area contributed by atoms with Crippen LogP contribution in [0.4, 0.5) is 0 Å². The molecule has 5 heteroatoms. The van der Waals surface area contributed by atoms with Crippen LogP contribution in [-0.4, -0.2) is 20.9 Å². The van der Waals surface area contributed by atoms with E-state index in [0.717, 1.165) is 22.5 Å². The van der Waals surface area contributed by atoms with Crippen molar-refractivity contribution in [2.24, 2.45) is 0 Å². The second kappa shape index (κ2) is 4.81. The summed E-state index contributed by atoms with van der Waals surface area (Å²) in [6.45, 7) is 7.90. The van der Waals surface area contributed by atoms with E-state index in [0.29, 0.717) is 4.47 Å². The summed E-state index contributed by atoms with van der Waals surface area (Å²) in [5, 5.41) is 13.3. The van der Waals surface area contributed by atoms with E-state index >= 15 is 0 Å². The van der Waals surface area contributed by atoms with Gasteiger partial charge in [0.1, 0.15) is 0 Å². The topological polar surface area (TPSA) is 55.1 Å². The van der Waals surface area contributed by atoms with Crippen molar-refractivity contribution in [3.63, 3.8) is 0 Å². The summed E-state index contributed by atoms with van der Waals surface area (Å²) in [5.41, 5.74) is 5.10. The molecule has 0 amide bonds. The fraction of sp³-hybridized carbons (Fsp3) is 0.286. The normalized spacial score (nSPS) is 10.8. The summed E-state index contributed by atoms with van der Waals surface area (Å²) in [6, 6.07) is 4.13. The highest BCUT2D eigenvalue weighted by Crippen LogP contribution is 2.27. The molecule has 2 rings (SSSR count). The van der Waals surface area contributed by atoms with Crippen molar-refractivity contribution in [3.8, 4) is 5.69 Å². The molecule has 4 nitrogen and oxygen atoms in total. The Morgan fingerprint density at radius 1 is 1.21 bits per heavy atom. The first-order chi connectivity index (χ1) is 8.82. The maximum absolute atomic E-state index is 11.1. The molecule has 1 aromatic carbocycles. The quantitative estimate of drug-likeness (QED) is 0.919. The van der Waals surface area contributed by atoms with Gasteiger partial charge in [-0.2, -0.15) is 5.10 Å². The maximum Gasteiger partial charge on any atom is 0.357 e. The zero-order valence-corrected chi connectivity index (χ0v) is 12.9. The third kappa shape index (κ3) is 2.30. The lowest BCUT2D eigenvalue weighted by molar-refractivity contribution is 0.0689. The molecule has 1 N–H and O–H groups in total. The largest absolute Gasteiger partial charge is 0.476 e. The van der Waals surface area contributed by atoms with Crippen LogP contribution < -0.4 is 0 Å². The number of hydrogen-bond acceptors (Lipinski definition) is 2. The minimum absolute atomic E-state index is 0.0388. The van der Waals surface area contributed by atoms with E-state index in [1.54, 1.807) is 4.68 Å². The number of nitrogens with zero attached hydrogens (tertiary/aromatic N) is 2. The lowest BCUT2D eigenvalue weighted by Gasteiger charge is -2.12. The molecule has 0 aliphatic rings. The number of carboxylic acids is 1. The molecule has 100 valence electrons. The summed E-state index contributed by atoms with van der Waals surface area (Å²) >= 11 is 3.30. The van der Waals surface area contributed by atoms with Crippen molar-refractivity contribution in [2.45, 2.75) is 27.7 Å². The Morgan fingerprint density at radius 3 is 2.16 bits per heavy atom. The number of benzene rings is 1. The van der Waals surface area contributed by atoms with E-state index in [1.807, 2.05) is 27.7 Å². The molecule has 0 unspecified atom stereocenters. The third-order valence-corrected chi connectivity index (χ3v) is 4.04. The van der Waals surface area contributed by atoms with Crippen LogP contribution in [0.2, 0.25) is 0 Å². The van der Waals surface area contributed by atoms with Crippen LogP contribution in [-0.2, 0) is 0 Å². The SMILES string of the molecule is Cc1cc(C)c(-n2nc(C(=O)O)c(Br)c2C)c(C)c1. The number of carboxylic acid groups (broad SMARTS) is 1. The van der Waals surface area contributed by atoms with Gasteiger partial charge >= 0.3 is 5.97 Å². The molecule has 0 aliphatic heterocycles. The molecular formula is C14H15BrN2O2. The van der Waals surface area contributed by atoms with Crippen LogP contribution in [0.1, 0.15) is 32.9 Å². The lowest BCUT2D eigenvalue weighted by Crippen LogP contribution is -2.06. The Bertz CT molecular complexity index is 651. The molecule has 0 bridgehead atoms. The van der Waals surface area contributed by atoms with E-state index < -0.39 is 5.97 Å². The van der Waals surface area contributed by atoms with Gasteiger partial charge < -0.3 is 5.11 Å². The Balaban J connectivity index is 2.73. The smallest absolute Gasteiger partial charge is 0.357 e. The third-order valence-electron chi connectivity index (χ3n) is 3.09. The molecule has 0 atom stereocenters. The minimum atomic E-state index is -1.03. The molecule has 0 radical (unpaired) electrons. The van der Waals surface area contributed by atoms with Crippen LogP contribution in [0.3, 0.4) is 0 Å². The van der Waals surface area contributed by atoms with Gasteiger partial charge in [-0.1, -0.05) is 17.7 Å². The van der Waals surface area contributed by atoms with Gasteiger partial charge in [-0.15, -0.1) is 0 Å². The average Bonchev–Trinajstić information content (AvgIpc) is 2.56. The van der Waals surface area contributed by atoms with Crippen LogP contribution in [0, 0.1) is 27.7 Å². The molecule has 0 aliphatic carbocycles. The summed E-state index contributed by atoms with van der Waals surface area (Å²) in [6.07, 6.45) is 0. The van der Waals surface area contributed by atoms with Crippen molar-refractivity contribution in [3.05, 3.63) is 44.7 Å². The number of aryl methyl sites for hydroxylation is 3. The summed E-state index contributed by atoms with van der Waals surface area (Å²) in [5.74, 6) is -1.03. The first-order valence-electron chi connectivity index (χ1n) is 5.89. The van der Waals surface area contributed by atoms with Gasteiger partial charge in [-0.05, 0) is 54.8 Å². The highest BCUT2D eigenvalue weighted by Gasteiger charge is 2.20. The van der Waals surface area contributed by atoms with E-state index in [4.69, 9.17) is 5.11 Å². The predicted octanol–water partition coefficient (Wildman–Crippen LogP) is 3.57. The van der Waals surface area contributed by atoms with E-state index in [1.165, 1.54) is 5.56 Å². The standard InChI is InChI=1S/C14H15BrN2O2/c1-7-5-8(2)13(9(3)6-7)17-10(4)11(15)12(16-17)14(18)19/h5-6H,1-4H3,(H,18,19). The molecule has 0 spiro atoms. The molecule has 0 saturated carbocycles. The predicted molar refractivity (Wildman–Crippen MR) is 77.2 cm³/mol. The lowest BCUT2D eigenvalue weighted by atomic mass is 10.1. The Labute approximate surface area is 120 Å². The number of aromatic carboxylic acids is 1. The summed E-state index contributed by atoms with van der Waals surface area (Å²) in [7, 11) is 0. The van der Waals surface area contributed by atoms with Crippen molar-refractivity contribution in [1.29, 1.82) is 0 Å². The fourth-order valence-corrected chi connectivity index (χ4v) is 2.76. The van der Waals surface area contributed by atoms with E-state index in [-0.39, 0.29) is 5.69 Å². The van der Waals surface area contributed by atoms with Crippen molar-refractivity contribution in [2.75, 3.05) is 0 Å². The zero-order valence-electron chi connectivity index (χ0n) is 11.3. The number of rotatable bonds is 2. The van der Waals surface area contributed by atoms with Crippen LogP contribution >= 0.6 is 15.9 Å². The van der Waals surface area contributed by atoms with Gasteiger partial charge in [0.2, 0.25) is 0 Å². The first-order valence-corrected chi connectivity index (χ1v) is 6.69. The van der Waals surface area contributed by atoms with Crippen molar-refractivity contribution < 1.29 is 9.90 Å². The highest BCUT2D eigenvalue weighted by molar-refractivity contribution is 9.10. The van der Waals surface area contributed by atoms with Crippen LogP contribution in [0.25, 0.3) is 5.69 Å². The number of hydrogen-bond donors (Lipinski definition) is 1. The number of aromatic nitrogens is 2. The van der Waals surface area contributed by atoms with Gasteiger partial charge in [-0.3, -0.25) is 0 Å². The van der Waals surface area contributed by atoms with Gasteiger partial charge in [0.05, 0.1) is 15.9 Å². The molecule has 0 fully saturated rings. The van der Waals surface area contributed by atoms with Gasteiger partial charge in [0, 0.05) is 0 Å². The molecule has 1 heterocycles. The van der Waals surface area contributed by atoms with Gasteiger partial charge in [-0.25, -0.2) is 9.48 Å².